The number of halogens is 1. The molecule has 0 spiro atoms. The van der Waals surface area contributed by atoms with Crippen molar-refractivity contribution in [3.05, 3.63) is 65.3 Å². The summed E-state index contributed by atoms with van der Waals surface area (Å²) in [6, 6.07) is 14.7. The van der Waals surface area contributed by atoms with Crippen LogP contribution in [0.5, 0.6) is 0 Å². The molecule has 4 nitrogen and oxygen atoms in total. The zero-order valence-corrected chi connectivity index (χ0v) is 11.2. The van der Waals surface area contributed by atoms with Gasteiger partial charge in [-0.25, -0.2) is 4.68 Å². The molecule has 1 heterocycles. The lowest BCUT2D eigenvalue weighted by molar-refractivity contribution is 0.112. The van der Waals surface area contributed by atoms with Gasteiger partial charge in [0.15, 0.2) is 6.29 Å². The van der Waals surface area contributed by atoms with E-state index in [2.05, 4.69) is 10.3 Å². The zero-order valence-electron chi connectivity index (χ0n) is 10.4. The summed E-state index contributed by atoms with van der Waals surface area (Å²) in [6.07, 6.45) is 2.42. The number of hydrogen-bond acceptors (Lipinski definition) is 3. The highest BCUT2D eigenvalue weighted by Gasteiger charge is 2.12. The average molecular weight is 284 g/mol. The second-order valence-corrected chi connectivity index (χ2v) is 4.65. The Hall–Kier alpha value is -2.46. The number of aldehydes is 1. The van der Waals surface area contributed by atoms with Crippen molar-refractivity contribution in [2.24, 2.45) is 0 Å². The SMILES string of the molecule is O=Cc1ccc(Cl)cc1-c1cnnn1-c1ccccc1. The van der Waals surface area contributed by atoms with Gasteiger partial charge in [0.05, 0.1) is 17.6 Å². The highest BCUT2D eigenvalue weighted by atomic mass is 35.5. The third-order valence-electron chi connectivity index (χ3n) is 2.97. The summed E-state index contributed by atoms with van der Waals surface area (Å²) in [4.78, 5) is 11.2. The van der Waals surface area contributed by atoms with E-state index in [4.69, 9.17) is 11.6 Å². The third-order valence-corrected chi connectivity index (χ3v) is 3.20. The molecule has 0 saturated carbocycles. The van der Waals surface area contributed by atoms with Crippen LogP contribution in [0.15, 0.2) is 54.7 Å². The van der Waals surface area contributed by atoms with Gasteiger partial charge >= 0.3 is 0 Å². The normalized spacial score (nSPS) is 10.4. The number of nitrogens with zero attached hydrogens (tertiary/aromatic N) is 3. The Bertz CT molecular complexity index is 753. The van der Waals surface area contributed by atoms with Gasteiger partial charge in [0.1, 0.15) is 0 Å². The quantitative estimate of drug-likeness (QED) is 0.692. The molecule has 0 aliphatic rings. The van der Waals surface area contributed by atoms with Gasteiger partial charge in [-0.2, -0.15) is 0 Å². The first-order chi connectivity index (χ1) is 9.79. The lowest BCUT2D eigenvalue weighted by Gasteiger charge is -2.08. The van der Waals surface area contributed by atoms with E-state index in [1.54, 1.807) is 29.1 Å². The van der Waals surface area contributed by atoms with E-state index in [9.17, 15) is 4.79 Å². The molecule has 0 aliphatic carbocycles. The summed E-state index contributed by atoms with van der Waals surface area (Å²) in [7, 11) is 0. The number of hydrogen-bond donors (Lipinski definition) is 0. The van der Waals surface area contributed by atoms with Gasteiger partial charge in [-0.3, -0.25) is 4.79 Å². The lowest BCUT2D eigenvalue weighted by atomic mass is 10.1. The molecule has 2 aromatic carbocycles. The van der Waals surface area contributed by atoms with Crippen LogP contribution in [-0.4, -0.2) is 21.3 Å². The molecule has 0 unspecified atom stereocenters. The standard InChI is InChI=1S/C15H10ClN3O/c16-12-7-6-11(10-20)14(8-12)15-9-17-18-19(15)13-4-2-1-3-5-13/h1-10H. The fourth-order valence-corrected chi connectivity index (χ4v) is 2.20. The van der Waals surface area contributed by atoms with Gasteiger partial charge in [-0.15, -0.1) is 5.10 Å². The van der Waals surface area contributed by atoms with E-state index in [1.165, 1.54) is 0 Å². The van der Waals surface area contributed by atoms with Gasteiger partial charge in [-0.05, 0) is 30.3 Å². The highest BCUT2D eigenvalue weighted by molar-refractivity contribution is 6.31. The Morgan fingerprint density at radius 2 is 1.90 bits per heavy atom. The first-order valence-corrected chi connectivity index (χ1v) is 6.38. The van der Waals surface area contributed by atoms with Gasteiger partial charge in [-0.1, -0.05) is 35.0 Å². The van der Waals surface area contributed by atoms with Crippen LogP contribution in [0.1, 0.15) is 10.4 Å². The Labute approximate surface area is 120 Å². The Morgan fingerprint density at radius 1 is 1.10 bits per heavy atom. The summed E-state index contributed by atoms with van der Waals surface area (Å²) in [5.41, 5.74) is 2.85. The Balaban J connectivity index is 2.20. The predicted molar refractivity (Wildman–Crippen MR) is 77.2 cm³/mol. The van der Waals surface area contributed by atoms with Gasteiger partial charge in [0.2, 0.25) is 0 Å². The van der Waals surface area contributed by atoms with E-state index in [0.717, 1.165) is 17.7 Å². The van der Waals surface area contributed by atoms with Crippen molar-refractivity contribution in [3.8, 4) is 16.9 Å². The minimum Gasteiger partial charge on any atom is -0.298 e. The third kappa shape index (κ3) is 2.21. The maximum Gasteiger partial charge on any atom is 0.150 e. The molecular formula is C15H10ClN3O. The van der Waals surface area contributed by atoms with Crippen LogP contribution in [0.2, 0.25) is 5.02 Å². The van der Waals surface area contributed by atoms with Crippen molar-refractivity contribution in [2.75, 3.05) is 0 Å². The molecule has 0 N–H and O–H groups in total. The molecule has 0 bridgehead atoms. The topological polar surface area (TPSA) is 47.8 Å². The molecule has 0 radical (unpaired) electrons. The first-order valence-electron chi connectivity index (χ1n) is 6.01. The van der Waals surface area contributed by atoms with Crippen molar-refractivity contribution >= 4 is 17.9 Å². The number of carbonyl (C=O) groups excluding carboxylic acids is 1. The minimum absolute atomic E-state index is 0.550. The maximum atomic E-state index is 11.2. The molecule has 0 fully saturated rings. The van der Waals surface area contributed by atoms with Crippen LogP contribution in [0.4, 0.5) is 0 Å². The fourth-order valence-electron chi connectivity index (χ4n) is 2.03. The molecule has 0 amide bonds. The Kier molecular flexibility index (Phi) is 3.31. The van der Waals surface area contributed by atoms with Gasteiger partial charge < -0.3 is 0 Å². The van der Waals surface area contributed by atoms with Crippen LogP contribution < -0.4 is 0 Å². The molecule has 0 atom stereocenters. The van der Waals surface area contributed by atoms with Gasteiger partial charge in [0.25, 0.3) is 0 Å². The van der Waals surface area contributed by atoms with Crippen LogP contribution in [0.25, 0.3) is 16.9 Å². The average Bonchev–Trinajstić information content (AvgIpc) is 2.97. The van der Waals surface area contributed by atoms with Crippen LogP contribution in [0, 0.1) is 0 Å². The predicted octanol–water partition coefficient (Wildman–Crippen LogP) is 3.40. The molecule has 0 saturated heterocycles. The summed E-state index contributed by atoms with van der Waals surface area (Å²) >= 11 is 6.02. The van der Waals surface area contributed by atoms with E-state index >= 15 is 0 Å². The van der Waals surface area contributed by atoms with E-state index in [1.807, 2.05) is 30.3 Å². The van der Waals surface area contributed by atoms with Crippen molar-refractivity contribution in [2.45, 2.75) is 0 Å². The molecule has 3 aromatic rings. The van der Waals surface area contributed by atoms with E-state index in [0.29, 0.717) is 16.1 Å². The second kappa shape index (κ2) is 5.27. The molecular weight excluding hydrogens is 274 g/mol. The summed E-state index contributed by atoms with van der Waals surface area (Å²) in [5.74, 6) is 0. The number of benzene rings is 2. The number of rotatable bonds is 3. The van der Waals surface area contributed by atoms with Crippen molar-refractivity contribution in [1.29, 1.82) is 0 Å². The number of carbonyl (C=O) groups is 1. The summed E-state index contributed by atoms with van der Waals surface area (Å²) in [6.45, 7) is 0. The molecule has 98 valence electrons. The molecule has 5 heteroatoms. The molecule has 1 aromatic heterocycles. The van der Waals surface area contributed by atoms with Gasteiger partial charge in [0, 0.05) is 16.1 Å². The lowest BCUT2D eigenvalue weighted by Crippen LogP contribution is -2.00. The fraction of sp³-hybridized carbons (Fsp3) is 0. The second-order valence-electron chi connectivity index (χ2n) is 4.22. The van der Waals surface area contributed by atoms with Crippen molar-refractivity contribution in [1.82, 2.24) is 15.0 Å². The maximum absolute atomic E-state index is 11.2. The number of para-hydroxylation sites is 1. The highest BCUT2D eigenvalue weighted by Crippen LogP contribution is 2.27. The van der Waals surface area contributed by atoms with Crippen molar-refractivity contribution < 1.29 is 4.79 Å². The van der Waals surface area contributed by atoms with Crippen LogP contribution in [-0.2, 0) is 0 Å². The first kappa shape index (κ1) is 12.6. The minimum atomic E-state index is 0.550. The molecule has 0 aliphatic heterocycles. The van der Waals surface area contributed by atoms with Crippen LogP contribution >= 0.6 is 11.6 Å². The molecule has 20 heavy (non-hydrogen) atoms. The molecule has 3 rings (SSSR count). The number of aromatic nitrogens is 3. The van der Waals surface area contributed by atoms with E-state index in [-0.39, 0.29) is 0 Å². The monoisotopic (exact) mass is 283 g/mol. The Morgan fingerprint density at radius 3 is 2.65 bits per heavy atom. The van der Waals surface area contributed by atoms with Crippen LogP contribution in [0.3, 0.4) is 0 Å². The smallest absolute Gasteiger partial charge is 0.150 e. The zero-order chi connectivity index (χ0) is 13.9. The largest absolute Gasteiger partial charge is 0.298 e. The summed E-state index contributed by atoms with van der Waals surface area (Å²) in [5, 5.41) is 8.57. The summed E-state index contributed by atoms with van der Waals surface area (Å²) < 4.78 is 1.68. The van der Waals surface area contributed by atoms with Crippen molar-refractivity contribution in [3.63, 3.8) is 0 Å². The van der Waals surface area contributed by atoms with E-state index < -0.39 is 0 Å².